The predicted octanol–water partition coefficient (Wildman–Crippen LogP) is 1.60. The SMILES string of the molecule is COc1cc(C(=O)N2C[C@H]3CNC[C@H]3C2)cc(OC)c1OC(F)F. The average molecular weight is 342 g/mol. The van der Waals surface area contributed by atoms with Crippen molar-refractivity contribution in [1.82, 2.24) is 10.2 Å². The van der Waals surface area contributed by atoms with Gasteiger partial charge in [0.2, 0.25) is 5.75 Å². The van der Waals surface area contributed by atoms with E-state index in [1.165, 1.54) is 26.4 Å². The summed E-state index contributed by atoms with van der Waals surface area (Å²) in [6.45, 7) is 0.206. The zero-order valence-corrected chi connectivity index (χ0v) is 13.6. The largest absolute Gasteiger partial charge is 0.493 e. The highest BCUT2D eigenvalue weighted by atomic mass is 19.3. The van der Waals surface area contributed by atoms with Crippen LogP contribution in [-0.4, -0.2) is 57.8 Å². The van der Waals surface area contributed by atoms with Gasteiger partial charge < -0.3 is 24.4 Å². The zero-order chi connectivity index (χ0) is 17.3. The summed E-state index contributed by atoms with van der Waals surface area (Å²) < 4.78 is 39.8. The van der Waals surface area contributed by atoms with E-state index in [0.29, 0.717) is 30.5 Å². The Morgan fingerprint density at radius 3 is 2.17 bits per heavy atom. The molecule has 2 aliphatic heterocycles. The Morgan fingerprint density at radius 2 is 1.71 bits per heavy atom. The third kappa shape index (κ3) is 3.10. The number of carbonyl (C=O) groups is 1. The number of halogens is 2. The minimum absolute atomic E-state index is 0.0408. The van der Waals surface area contributed by atoms with E-state index < -0.39 is 6.61 Å². The first-order valence-corrected chi connectivity index (χ1v) is 7.74. The number of rotatable bonds is 5. The lowest BCUT2D eigenvalue weighted by Gasteiger charge is -2.20. The molecular weight excluding hydrogens is 322 g/mol. The van der Waals surface area contributed by atoms with Crippen molar-refractivity contribution in [3.8, 4) is 17.2 Å². The number of hydrogen-bond donors (Lipinski definition) is 1. The van der Waals surface area contributed by atoms with Gasteiger partial charge in [-0.3, -0.25) is 4.79 Å². The van der Waals surface area contributed by atoms with E-state index in [1.807, 2.05) is 0 Å². The molecule has 3 rings (SSSR count). The summed E-state index contributed by atoms with van der Waals surface area (Å²) in [7, 11) is 2.65. The second kappa shape index (κ2) is 6.80. The van der Waals surface area contributed by atoms with E-state index in [0.717, 1.165) is 13.1 Å². The molecule has 0 aliphatic carbocycles. The molecule has 2 heterocycles. The summed E-state index contributed by atoms with van der Waals surface area (Å²) in [5, 5.41) is 3.32. The van der Waals surface area contributed by atoms with Crippen molar-refractivity contribution in [2.45, 2.75) is 6.61 Å². The Bertz CT molecular complexity index is 589. The fraction of sp³-hybridized carbons (Fsp3) is 0.562. The highest BCUT2D eigenvalue weighted by Gasteiger charge is 2.38. The molecule has 0 unspecified atom stereocenters. The highest BCUT2D eigenvalue weighted by molar-refractivity contribution is 5.96. The molecule has 0 spiro atoms. The van der Waals surface area contributed by atoms with Gasteiger partial charge in [0.1, 0.15) is 0 Å². The summed E-state index contributed by atoms with van der Waals surface area (Å²) in [6.07, 6.45) is 0. The lowest BCUT2D eigenvalue weighted by Crippen LogP contribution is -2.31. The maximum absolute atomic E-state index is 12.8. The van der Waals surface area contributed by atoms with Gasteiger partial charge in [-0.05, 0) is 24.0 Å². The standard InChI is InChI=1S/C16H20F2N2O4/c1-22-12-3-9(4-13(23-2)14(12)24-16(17)18)15(21)20-7-10-5-19-6-11(10)8-20/h3-4,10-11,16,19H,5-8H2,1-2H3/t10-,11+. The van der Waals surface area contributed by atoms with Gasteiger partial charge in [-0.15, -0.1) is 0 Å². The molecule has 1 N–H and O–H groups in total. The number of nitrogens with zero attached hydrogens (tertiary/aromatic N) is 1. The van der Waals surface area contributed by atoms with Crippen LogP contribution in [0.25, 0.3) is 0 Å². The lowest BCUT2D eigenvalue weighted by molar-refractivity contribution is -0.0526. The van der Waals surface area contributed by atoms with Gasteiger partial charge in [0.25, 0.3) is 5.91 Å². The molecule has 1 aromatic carbocycles. The fourth-order valence-corrected chi connectivity index (χ4v) is 3.41. The number of nitrogens with one attached hydrogen (secondary N) is 1. The number of ether oxygens (including phenoxy) is 3. The van der Waals surface area contributed by atoms with Crippen LogP contribution in [0.15, 0.2) is 12.1 Å². The van der Waals surface area contributed by atoms with Crippen LogP contribution in [0.1, 0.15) is 10.4 Å². The van der Waals surface area contributed by atoms with Gasteiger partial charge in [0.15, 0.2) is 11.5 Å². The van der Waals surface area contributed by atoms with E-state index in [2.05, 4.69) is 10.1 Å². The number of amides is 1. The molecule has 0 aromatic heterocycles. The number of alkyl halides is 2. The molecule has 24 heavy (non-hydrogen) atoms. The number of benzene rings is 1. The Hall–Kier alpha value is -2.09. The van der Waals surface area contributed by atoms with Crippen molar-refractivity contribution in [2.24, 2.45) is 11.8 Å². The Labute approximate surface area is 138 Å². The highest BCUT2D eigenvalue weighted by Crippen LogP contribution is 2.40. The van der Waals surface area contributed by atoms with E-state index in [1.54, 1.807) is 4.90 Å². The number of hydrogen-bond acceptors (Lipinski definition) is 5. The van der Waals surface area contributed by atoms with Crippen molar-refractivity contribution in [1.29, 1.82) is 0 Å². The topological polar surface area (TPSA) is 60.0 Å². The van der Waals surface area contributed by atoms with E-state index in [4.69, 9.17) is 9.47 Å². The molecule has 2 fully saturated rings. The summed E-state index contributed by atoms with van der Waals surface area (Å²) >= 11 is 0. The minimum Gasteiger partial charge on any atom is -0.493 e. The van der Waals surface area contributed by atoms with Crippen LogP contribution >= 0.6 is 0 Å². The second-order valence-electron chi connectivity index (χ2n) is 5.98. The lowest BCUT2D eigenvalue weighted by atomic mass is 10.0. The van der Waals surface area contributed by atoms with Crippen molar-refractivity contribution in [3.63, 3.8) is 0 Å². The summed E-state index contributed by atoms with van der Waals surface area (Å²) in [4.78, 5) is 14.5. The Balaban J connectivity index is 1.86. The average Bonchev–Trinajstić information content (AvgIpc) is 3.15. The van der Waals surface area contributed by atoms with E-state index in [-0.39, 0.29) is 23.2 Å². The van der Waals surface area contributed by atoms with Gasteiger partial charge in [-0.25, -0.2) is 0 Å². The zero-order valence-electron chi connectivity index (χ0n) is 13.6. The van der Waals surface area contributed by atoms with Crippen LogP contribution in [0.5, 0.6) is 17.2 Å². The molecule has 6 nitrogen and oxygen atoms in total. The number of methoxy groups -OCH3 is 2. The summed E-state index contributed by atoms with van der Waals surface area (Å²) in [6, 6.07) is 2.82. The van der Waals surface area contributed by atoms with Crippen LogP contribution < -0.4 is 19.5 Å². The quantitative estimate of drug-likeness (QED) is 0.881. The van der Waals surface area contributed by atoms with Crippen LogP contribution in [0.2, 0.25) is 0 Å². The third-order valence-electron chi connectivity index (χ3n) is 4.59. The first kappa shape index (κ1) is 16.8. The molecule has 1 amide bonds. The molecule has 1 aromatic rings. The normalized spacial score (nSPS) is 22.6. The minimum atomic E-state index is -3.01. The van der Waals surface area contributed by atoms with Crippen LogP contribution in [0.3, 0.4) is 0 Å². The number of carbonyl (C=O) groups excluding carboxylic acids is 1. The van der Waals surface area contributed by atoms with Crippen LogP contribution in [-0.2, 0) is 0 Å². The van der Waals surface area contributed by atoms with Gasteiger partial charge in [-0.2, -0.15) is 8.78 Å². The van der Waals surface area contributed by atoms with Crippen LogP contribution in [0.4, 0.5) is 8.78 Å². The maximum atomic E-state index is 12.8. The monoisotopic (exact) mass is 342 g/mol. The molecule has 2 saturated heterocycles. The van der Waals surface area contributed by atoms with Gasteiger partial charge >= 0.3 is 6.61 Å². The van der Waals surface area contributed by atoms with Gasteiger partial charge in [0.05, 0.1) is 14.2 Å². The smallest absolute Gasteiger partial charge is 0.387 e. The van der Waals surface area contributed by atoms with E-state index >= 15 is 0 Å². The Morgan fingerprint density at radius 1 is 1.17 bits per heavy atom. The first-order chi connectivity index (χ1) is 11.5. The summed E-state index contributed by atoms with van der Waals surface area (Å²) in [5.74, 6) is 0.648. The van der Waals surface area contributed by atoms with E-state index in [9.17, 15) is 13.6 Å². The van der Waals surface area contributed by atoms with Crippen molar-refractivity contribution in [3.05, 3.63) is 17.7 Å². The molecular formula is C16H20F2N2O4. The second-order valence-corrected chi connectivity index (χ2v) is 5.98. The third-order valence-corrected chi connectivity index (χ3v) is 4.59. The van der Waals surface area contributed by atoms with Crippen molar-refractivity contribution in [2.75, 3.05) is 40.4 Å². The molecule has 0 saturated carbocycles. The number of fused-ring (bicyclic) bond motifs is 1. The maximum Gasteiger partial charge on any atom is 0.387 e. The van der Waals surface area contributed by atoms with Gasteiger partial charge in [-0.1, -0.05) is 0 Å². The molecule has 132 valence electrons. The van der Waals surface area contributed by atoms with Crippen molar-refractivity contribution < 1.29 is 27.8 Å². The Kier molecular flexibility index (Phi) is 4.75. The fourth-order valence-electron chi connectivity index (χ4n) is 3.41. The summed E-state index contributed by atoms with van der Waals surface area (Å²) in [5.41, 5.74) is 0.332. The molecule has 8 heteroatoms. The molecule has 2 aliphatic rings. The predicted molar refractivity (Wildman–Crippen MR) is 81.9 cm³/mol. The van der Waals surface area contributed by atoms with Crippen molar-refractivity contribution >= 4 is 5.91 Å². The van der Waals surface area contributed by atoms with Gasteiger partial charge in [0, 0.05) is 31.7 Å². The molecule has 0 radical (unpaired) electrons. The number of likely N-dealkylation sites (tertiary alicyclic amines) is 1. The molecule has 0 bridgehead atoms. The molecule has 2 atom stereocenters. The van der Waals surface area contributed by atoms with Crippen LogP contribution in [0, 0.1) is 11.8 Å². The first-order valence-electron chi connectivity index (χ1n) is 7.74.